The summed E-state index contributed by atoms with van der Waals surface area (Å²) in [4.78, 5) is 24.8. The molecule has 0 radical (unpaired) electrons. The minimum atomic E-state index is -0.590. The summed E-state index contributed by atoms with van der Waals surface area (Å²) < 4.78 is 0.955. The van der Waals surface area contributed by atoms with E-state index in [2.05, 4.69) is 33.9 Å². The summed E-state index contributed by atoms with van der Waals surface area (Å²) in [6.45, 7) is 1.86. The van der Waals surface area contributed by atoms with Gasteiger partial charge in [0.2, 0.25) is 11.8 Å². The van der Waals surface area contributed by atoms with E-state index in [4.69, 9.17) is 0 Å². The van der Waals surface area contributed by atoms with Gasteiger partial charge in [0.05, 0.1) is 0 Å². The molecule has 1 N–H and O–H groups in total. The van der Waals surface area contributed by atoms with Crippen LogP contribution in [0.5, 0.6) is 0 Å². The highest BCUT2D eigenvalue weighted by molar-refractivity contribution is 9.10. The monoisotopic (exact) mass is 344 g/mol. The summed E-state index contributed by atoms with van der Waals surface area (Å²) in [5, 5.41) is 2.59. The average Bonchev–Trinajstić information content (AvgIpc) is 2.37. The van der Waals surface area contributed by atoms with Crippen molar-refractivity contribution in [3.05, 3.63) is 34.3 Å². The van der Waals surface area contributed by atoms with Crippen LogP contribution in [0.4, 0.5) is 0 Å². The molecule has 0 saturated heterocycles. The second-order valence-corrected chi connectivity index (χ2v) is 5.44. The minimum Gasteiger partial charge on any atom is -0.344 e. The lowest BCUT2D eigenvalue weighted by molar-refractivity contribution is -0.134. The molecule has 2 amide bonds. The van der Waals surface area contributed by atoms with Gasteiger partial charge < -0.3 is 10.2 Å². The van der Waals surface area contributed by atoms with Gasteiger partial charge in [-0.25, -0.2) is 0 Å². The number of nitrogens with zero attached hydrogens (tertiary/aromatic N) is 1. The number of benzene rings is 1. The fourth-order valence-corrected chi connectivity index (χ4v) is 2.31. The van der Waals surface area contributed by atoms with Crippen molar-refractivity contribution in [1.29, 1.82) is 0 Å². The molecule has 1 aromatic rings. The van der Waals surface area contributed by atoms with Gasteiger partial charge >= 0.3 is 0 Å². The zero-order valence-corrected chi connectivity index (χ0v) is 13.4. The van der Waals surface area contributed by atoms with Crippen LogP contribution in [0.2, 0.25) is 0 Å². The first-order chi connectivity index (χ1) is 8.95. The number of rotatable bonds is 5. The topological polar surface area (TPSA) is 49.4 Å². The number of likely N-dealkylation sites (N-methyl/N-ethyl adjacent to an activating group) is 1. The lowest BCUT2D eigenvalue weighted by Crippen LogP contribution is -2.47. The maximum absolute atomic E-state index is 12.2. The van der Waals surface area contributed by atoms with Crippen molar-refractivity contribution >= 4 is 40.4 Å². The Kier molecular flexibility index (Phi) is 6.37. The normalized spacial score (nSPS) is 11.8. The van der Waals surface area contributed by atoms with Crippen molar-refractivity contribution in [3.8, 4) is 0 Å². The number of carbonyl (C=O) groups excluding carboxylic acids is 2. The minimum absolute atomic E-state index is 0.152. The van der Waals surface area contributed by atoms with E-state index < -0.39 is 6.04 Å². The molecule has 0 spiro atoms. The van der Waals surface area contributed by atoms with Crippen molar-refractivity contribution in [1.82, 2.24) is 10.2 Å². The molecule has 0 heterocycles. The fourth-order valence-electron chi connectivity index (χ4n) is 1.66. The largest absolute Gasteiger partial charge is 0.344 e. The van der Waals surface area contributed by atoms with Gasteiger partial charge in [-0.2, -0.15) is 12.6 Å². The summed E-state index contributed by atoms with van der Waals surface area (Å²) in [7, 11) is 1.71. The number of thiol groups is 1. The van der Waals surface area contributed by atoms with Crippen LogP contribution in [0.3, 0.4) is 0 Å². The summed E-state index contributed by atoms with van der Waals surface area (Å²) in [6.07, 6.45) is 0. The van der Waals surface area contributed by atoms with E-state index in [1.807, 2.05) is 24.3 Å². The first-order valence-corrected chi connectivity index (χ1v) is 7.24. The predicted molar refractivity (Wildman–Crippen MR) is 82.1 cm³/mol. The molecule has 4 nitrogen and oxygen atoms in total. The summed E-state index contributed by atoms with van der Waals surface area (Å²) in [5.74, 6) is -0.110. The molecule has 6 heteroatoms. The SMILES string of the molecule is CC(=O)NC(CS)C(=O)N(C)Cc1ccccc1Br. The molecule has 0 fully saturated rings. The summed E-state index contributed by atoms with van der Waals surface area (Å²) in [6, 6.07) is 7.12. The third kappa shape index (κ3) is 4.87. The second kappa shape index (κ2) is 7.55. The molecule has 0 saturated carbocycles. The Bertz CT molecular complexity index is 468. The Morgan fingerprint density at radius 3 is 2.58 bits per heavy atom. The van der Waals surface area contributed by atoms with E-state index in [0.717, 1.165) is 10.0 Å². The molecule has 0 aliphatic heterocycles. The van der Waals surface area contributed by atoms with Gasteiger partial charge in [0.25, 0.3) is 0 Å². The van der Waals surface area contributed by atoms with Gasteiger partial charge in [-0.3, -0.25) is 9.59 Å². The molecule has 0 bridgehead atoms. The van der Waals surface area contributed by atoms with Crippen molar-refractivity contribution in [3.63, 3.8) is 0 Å². The second-order valence-electron chi connectivity index (χ2n) is 4.22. The molecular formula is C13H17BrN2O2S. The van der Waals surface area contributed by atoms with Gasteiger partial charge in [0.1, 0.15) is 6.04 Å². The Balaban J connectivity index is 2.71. The number of halogens is 1. The smallest absolute Gasteiger partial charge is 0.246 e. The highest BCUT2D eigenvalue weighted by atomic mass is 79.9. The molecule has 0 aromatic heterocycles. The number of hydrogen-bond acceptors (Lipinski definition) is 3. The van der Waals surface area contributed by atoms with Gasteiger partial charge in [0, 0.05) is 30.7 Å². The van der Waals surface area contributed by atoms with Crippen LogP contribution in [0, 0.1) is 0 Å². The zero-order chi connectivity index (χ0) is 14.4. The van der Waals surface area contributed by atoms with Crippen LogP contribution >= 0.6 is 28.6 Å². The Hall–Kier alpha value is -1.01. The van der Waals surface area contributed by atoms with E-state index in [9.17, 15) is 9.59 Å². The molecule has 0 aliphatic rings. The maximum Gasteiger partial charge on any atom is 0.246 e. The van der Waals surface area contributed by atoms with Crippen molar-refractivity contribution in [2.75, 3.05) is 12.8 Å². The third-order valence-electron chi connectivity index (χ3n) is 2.60. The first-order valence-electron chi connectivity index (χ1n) is 5.82. The van der Waals surface area contributed by atoms with Crippen molar-refractivity contribution in [2.24, 2.45) is 0 Å². The molecule has 104 valence electrons. The average molecular weight is 345 g/mol. The Morgan fingerprint density at radius 2 is 2.05 bits per heavy atom. The predicted octanol–water partition coefficient (Wildman–Crippen LogP) is 1.84. The van der Waals surface area contributed by atoms with Crippen molar-refractivity contribution < 1.29 is 9.59 Å². The van der Waals surface area contributed by atoms with Gasteiger partial charge in [-0.15, -0.1) is 0 Å². The van der Waals surface area contributed by atoms with Crippen LogP contribution in [-0.2, 0) is 16.1 Å². The highest BCUT2D eigenvalue weighted by Gasteiger charge is 2.21. The van der Waals surface area contributed by atoms with Crippen LogP contribution in [0.25, 0.3) is 0 Å². The van der Waals surface area contributed by atoms with Crippen LogP contribution in [0.1, 0.15) is 12.5 Å². The quantitative estimate of drug-likeness (QED) is 0.800. The van der Waals surface area contributed by atoms with Crippen LogP contribution in [-0.4, -0.2) is 35.6 Å². The number of carbonyl (C=O) groups is 2. The third-order valence-corrected chi connectivity index (χ3v) is 3.74. The molecule has 19 heavy (non-hydrogen) atoms. The number of amides is 2. The van der Waals surface area contributed by atoms with E-state index in [0.29, 0.717) is 6.54 Å². The number of nitrogens with one attached hydrogen (secondary N) is 1. The zero-order valence-electron chi connectivity index (χ0n) is 10.9. The van der Waals surface area contributed by atoms with E-state index in [1.165, 1.54) is 6.92 Å². The van der Waals surface area contributed by atoms with Crippen LogP contribution in [0.15, 0.2) is 28.7 Å². The Morgan fingerprint density at radius 1 is 1.42 bits per heavy atom. The van der Waals surface area contributed by atoms with E-state index >= 15 is 0 Å². The first kappa shape index (κ1) is 16.0. The molecule has 1 unspecified atom stereocenters. The summed E-state index contributed by atoms with van der Waals surface area (Å²) in [5.41, 5.74) is 1.01. The van der Waals surface area contributed by atoms with Gasteiger partial charge in [-0.05, 0) is 11.6 Å². The standard InChI is InChI=1S/C13H17BrN2O2S/c1-9(17)15-12(8-19)13(18)16(2)7-10-5-3-4-6-11(10)14/h3-6,12,19H,7-8H2,1-2H3,(H,15,17). The Labute approximate surface area is 127 Å². The molecule has 0 aliphatic carbocycles. The maximum atomic E-state index is 12.2. The molecule has 1 rings (SSSR count). The molecule has 1 aromatic carbocycles. The van der Waals surface area contributed by atoms with E-state index in [1.54, 1.807) is 11.9 Å². The number of hydrogen-bond donors (Lipinski definition) is 2. The van der Waals surface area contributed by atoms with E-state index in [-0.39, 0.29) is 17.6 Å². The van der Waals surface area contributed by atoms with Gasteiger partial charge in [-0.1, -0.05) is 34.1 Å². The van der Waals surface area contributed by atoms with Crippen molar-refractivity contribution in [2.45, 2.75) is 19.5 Å². The highest BCUT2D eigenvalue weighted by Crippen LogP contribution is 2.17. The molecular weight excluding hydrogens is 328 g/mol. The lowest BCUT2D eigenvalue weighted by Gasteiger charge is -2.23. The van der Waals surface area contributed by atoms with Gasteiger partial charge in [0.15, 0.2) is 0 Å². The molecule has 1 atom stereocenters. The van der Waals surface area contributed by atoms with Crippen LogP contribution < -0.4 is 5.32 Å². The lowest BCUT2D eigenvalue weighted by atomic mass is 10.2. The fraction of sp³-hybridized carbons (Fsp3) is 0.385. The summed E-state index contributed by atoms with van der Waals surface area (Å²) >= 11 is 7.54.